The van der Waals surface area contributed by atoms with Crippen LogP contribution in [0.1, 0.15) is 6.42 Å². The lowest BCUT2D eigenvalue weighted by molar-refractivity contribution is -0.121. The minimum absolute atomic E-state index is 0.237. The number of carbonyl (C=O) groups is 1. The molecule has 1 fully saturated rings. The zero-order chi connectivity index (χ0) is 14.0. The zero-order valence-electron chi connectivity index (χ0n) is 11.1. The number of hydrogen-bond acceptors (Lipinski definition) is 4. The van der Waals surface area contributed by atoms with Crippen molar-refractivity contribution in [3.8, 4) is 0 Å². The number of nitrogens with two attached hydrogens (primary N) is 1. The predicted molar refractivity (Wildman–Crippen MR) is 76.8 cm³/mol. The molecular formula is C13H18ClN3O2. The average Bonchev–Trinajstić information content (AvgIpc) is 2.77. The minimum Gasteiger partial charge on any atom is -0.379 e. The number of carbonyl (C=O) groups excluding carboxylic acids is 1. The molecule has 1 aromatic carbocycles. The molecule has 0 radical (unpaired) electrons. The first-order valence-corrected chi connectivity index (χ1v) is 6.45. The standard InChI is InChI=1S/C13H18ClN3O2/c1-17(2)11-4-3-9(7-10(11)14)16-12(18)13(15)5-6-19-8-13/h3-4,7H,5-6,8,15H2,1-2H3,(H,16,18). The molecule has 104 valence electrons. The number of nitrogens with zero attached hydrogens (tertiary/aromatic N) is 1. The molecule has 1 heterocycles. The van der Waals surface area contributed by atoms with Crippen molar-refractivity contribution in [2.24, 2.45) is 5.73 Å². The van der Waals surface area contributed by atoms with Gasteiger partial charge in [0.2, 0.25) is 5.91 Å². The summed E-state index contributed by atoms with van der Waals surface area (Å²) < 4.78 is 5.17. The van der Waals surface area contributed by atoms with Crippen LogP contribution in [0.5, 0.6) is 0 Å². The first-order valence-electron chi connectivity index (χ1n) is 6.07. The van der Waals surface area contributed by atoms with Crippen LogP contribution in [0, 0.1) is 0 Å². The van der Waals surface area contributed by atoms with Crippen molar-refractivity contribution in [1.29, 1.82) is 0 Å². The van der Waals surface area contributed by atoms with E-state index in [0.717, 1.165) is 5.69 Å². The maximum Gasteiger partial charge on any atom is 0.246 e. The topological polar surface area (TPSA) is 67.6 Å². The number of amides is 1. The van der Waals surface area contributed by atoms with Crippen LogP contribution < -0.4 is 16.0 Å². The van der Waals surface area contributed by atoms with Gasteiger partial charge in [0.25, 0.3) is 0 Å². The van der Waals surface area contributed by atoms with Gasteiger partial charge in [-0.2, -0.15) is 0 Å². The number of halogens is 1. The summed E-state index contributed by atoms with van der Waals surface area (Å²) in [6.45, 7) is 0.770. The van der Waals surface area contributed by atoms with Gasteiger partial charge >= 0.3 is 0 Å². The van der Waals surface area contributed by atoms with Crippen LogP contribution >= 0.6 is 11.6 Å². The van der Waals surface area contributed by atoms with Crippen molar-refractivity contribution in [3.63, 3.8) is 0 Å². The summed E-state index contributed by atoms with van der Waals surface area (Å²) in [4.78, 5) is 14.0. The lowest BCUT2D eigenvalue weighted by Gasteiger charge is -2.21. The predicted octanol–water partition coefficient (Wildman–Crippen LogP) is 1.46. The average molecular weight is 284 g/mol. The Morgan fingerprint density at radius 1 is 1.53 bits per heavy atom. The van der Waals surface area contributed by atoms with Crippen molar-refractivity contribution in [3.05, 3.63) is 23.2 Å². The Morgan fingerprint density at radius 2 is 2.26 bits per heavy atom. The molecule has 1 aliphatic heterocycles. The lowest BCUT2D eigenvalue weighted by atomic mass is 9.99. The summed E-state index contributed by atoms with van der Waals surface area (Å²) in [5.41, 5.74) is 6.58. The molecule has 6 heteroatoms. The fraction of sp³-hybridized carbons (Fsp3) is 0.462. The van der Waals surface area contributed by atoms with Gasteiger partial charge in [-0.3, -0.25) is 4.79 Å². The maximum atomic E-state index is 12.1. The quantitative estimate of drug-likeness (QED) is 0.881. The summed E-state index contributed by atoms with van der Waals surface area (Å²) in [5.74, 6) is -0.237. The summed E-state index contributed by atoms with van der Waals surface area (Å²) in [5, 5.41) is 3.36. The Morgan fingerprint density at radius 3 is 2.79 bits per heavy atom. The van der Waals surface area contributed by atoms with Crippen LogP contribution in [0.2, 0.25) is 5.02 Å². The first kappa shape index (κ1) is 14.1. The Hall–Kier alpha value is -1.30. The maximum absolute atomic E-state index is 12.1. The molecule has 1 saturated heterocycles. The minimum atomic E-state index is -0.938. The molecule has 0 saturated carbocycles. The van der Waals surface area contributed by atoms with Crippen molar-refractivity contribution < 1.29 is 9.53 Å². The van der Waals surface area contributed by atoms with E-state index in [1.165, 1.54) is 0 Å². The van der Waals surface area contributed by atoms with Crippen LogP contribution in [0.3, 0.4) is 0 Å². The van der Waals surface area contributed by atoms with E-state index in [1.807, 2.05) is 25.1 Å². The van der Waals surface area contributed by atoms with E-state index in [2.05, 4.69) is 5.32 Å². The van der Waals surface area contributed by atoms with Crippen molar-refractivity contribution in [2.75, 3.05) is 37.5 Å². The molecule has 3 N–H and O–H groups in total. The van der Waals surface area contributed by atoms with E-state index < -0.39 is 5.54 Å². The summed E-state index contributed by atoms with van der Waals surface area (Å²) in [6.07, 6.45) is 0.530. The Labute approximate surface area is 117 Å². The van der Waals surface area contributed by atoms with Gasteiger partial charge in [-0.1, -0.05) is 11.6 Å². The van der Waals surface area contributed by atoms with Crippen molar-refractivity contribution in [1.82, 2.24) is 0 Å². The van der Waals surface area contributed by atoms with Crippen LogP contribution in [0.15, 0.2) is 18.2 Å². The monoisotopic (exact) mass is 283 g/mol. The molecule has 2 rings (SSSR count). The molecule has 1 unspecified atom stereocenters. The fourth-order valence-electron chi connectivity index (χ4n) is 1.96. The number of hydrogen-bond donors (Lipinski definition) is 2. The highest BCUT2D eigenvalue weighted by molar-refractivity contribution is 6.33. The van der Waals surface area contributed by atoms with Crippen molar-refractivity contribution in [2.45, 2.75) is 12.0 Å². The van der Waals surface area contributed by atoms with Gasteiger partial charge in [0.1, 0.15) is 5.54 Å². The first-order chi connectivity index (χ1) is 8.92. The molecule has 0 spiro atoms. The highest BCUT2D eigenvalue weighted by Crippen LogP contribution is 2.28. The molecule has 1 atom stereocenters. The number of rotatable bonds is 3. The van der Waals surface area contributed by atoms with Crippen LogP contribution in [0.25, 0.3) is 0 Å². The van der Waals surface area contributed by atoms with E-state index in [9.17, 15) is 4.79 Å². The molecule has 1 amide bonds. The van der Waals surface area contributed by atoms with E-state index in [-0.39, 0.29) is 12.5 Å². The molecule has 1 aromatic rings. The molecule has 19 heavy (non-hydrogen) atoms. The molecule has 0 aliphatic carbocycles. The van der Waals surface area contributed by atoms with E-state index in [0.29, 0.717) is 23.7 Å². The van der Waals surface area contributed by atoms with Gasteiger partial charge in [-0.05, 0) is 24.6 Å². The number of benzene rings is 1. The molecule has 5 nitrogen and oxygen atoms in total. The fourth-order valence-corrected chi connectivity index (χ4v) is 2.31. The smallest absolute Gasteiger partial charge is 0.246 e. The zero-order valence-corrected chi connectivity index (χ0v) is 11.8. The van der Waals surface area contributed by atoms with Crippen LogP contribution in [0.4, 0.5) is 11.4 Å². The Kier molecular flexibility index (Phi) is 3.99. The van der Waals surface area contributed by atoms with Gasteiger partial charge in [0, 0.05) is 26.4 Å². The van der Waals surface area contributed by atoms with Crippen LogP contribution in [-0.4, -0.2) is 38.8 Å². The normalized spacial score (nSPS) is 22.3. The Bertz CT molecular complexity index is 485. The second kappa shape index (κ2) is 5.36. The number of nitrogens with one attached hydrogen (secondary N) is 1. The highest BCUT2D eigenvalue weighted by atomic mass is 35.5. The lowest BCUT2D eigenvalue weighted by Crippen LogP contribution is -2.51. The second-order valence-electron chi connectivity index (χ2n) is 4.97. The summed E-state index contributed by atoms with van der Waals surface area (Å²) in [6, 6.07) is 5.37. The number of ether oxygens (including phenoxy) is 1. The third kappa shape index (κ3) is 3.00. The van der Waals surface area contributed by atoms with E-state index >= 15 is 0 Å². The van der Waals surface area contributed by atoms with Gasteiger partial charge in [-0.25, -0.2) is 0 Å². The molecular weight excluding hydrogens is 266 g/mol. The molecule has 1 aliphatic rings. The summed E-state index contributed by atoms with van der Waals surface area (Å²) in [7, 11) is 3.81. The van der Waals surface area contributed by atoms with E-state index in [4.69, 9.17) is 22.1 Å². The molecule has 0 bridgehead atoms. The van der Waals surface area contributed by atoms with Gasteiger partial charge < -0.3 is 20.7 Å². The second-order valence-corrected chi connectivity index (χ2v) is 5.38. The van der Waals surface area contributed by atoms with Crippen LogP contribution in [-0.2, 0) is 9.53 Å². The third-order valence-corrected chi connectivity index (χ3v) is 3.49. The summed E-state index contributed by atoms with van der Waals surface area (Å²) >= 11 is 6.15. The van der Waals surface area contributed by atoms with Gasteiger partial charge in [0.15, 0.2) is 0 Å². The molecule has 0 aromatic heterocycles. The van der Waals surface area contributed by atoms with Gasteiger partial charge in [0.05, 0.1) is 17.3 Å². The number of anilines is 2. The van der Waals surface area contributed by atoms with Crippen molar-refractivity contribution >= 4 is 28.9 Å². The SMILES string of the molecule is CN(C)c1ccc(NC(=O)C2(N)CCOC2)cc1Cl. The van der Waals surface area contributed by atoms with Gasteiger partial charge in [-0.15, -0.1) is 0 Å². The third-order valence-electron chi connectivity index (χ3n) is 3.19. The Balaban J connectivity index is 2.11. The largest absolute Gasteiger partial charge is 0.379 e. The highest BCUT2D eigenvalue weighted by Gasteiger charge is 2.38. The van der Waals surface area contributed by atoms with E-state index in [1.54, 1.807) is 12.1 Å².